The molecule has 24 heavy (non-hydrogen) atoms. The summed E-state index contributed by atoms with van der Waals surface area (Å²) < 4.78 is 0. The van der Waals surface area contributed by atoms with E-state index in [1.54, 1.807) is 0 Å². The van der Waals surface area contributed by atoms with Gasteiger partial charge >= 0.3 is 0 Å². The van der Waals surface area contributed by atoms with Gasteiger partial charge in [0, 0.05) is 34.3 Å². The van der Waals surface area contributed by atoms with E-state index in [4.69, 9.17) is 16.6 Å². The number of aromatic nitrogens is 2. The maximum atomic E-state index is 13.0. The first-order chi connectivity index (χ1) is 11.4. The Balaban J connectivity index is 1.92. The van der Waals surface area contributed by atoms with E-state index in [1.807, 2.05) is 31.2 Å². The number of Topliss-reactive ketones (excluding diaryl/α,β-unsaturated/α-hetero) is 1. The number of nitrogens with zero attached hydrogens (tertiary/aromatic N) is 2. The summed E-state index contributed by atoms with van der Waals surface area (Å²) in [6.45, 7) is 6.24. The van der Waals surface area contributed by atoms with Gasteiger partial charge in [0.2, 0.25) is 0 Å². The van der Waals surface area contributed by atoms with E-state index in [9.17, 15) is 4.79 Å². The van der Waals surface area contributed by atoms with Gasteiger partial charge < -0.3 is 0 Å². The van der Waals surface area contributed by atoms with Gasteiger partial charge in [-0.2, -0.15) is 5.10 Å². The van der Waals surface area contributed by atoms with Gasteiger partial charge in [-0.1, -0.05) is 37.6 Å². The van der Waals surface area contributed by atoms with E-state index in [0.717, 1.165) is 29.0 Å². The standard InChI is InChI=1S/C19H20ClN3O/c1-10-15-16(11-5-4-6-12(20)7-11)17-13(21-18(15)23-22-10)8-19(2,3)9-14(17)24/h4-7,16-17H,8-9H2,1-3H3,(H,22,23). The first kappa shape index (κ1) is 15.6. The average Bonchev–Trinajstić information content (AvgIpc) is 2.85. The summed E-state index contributed by atoms with van der Waals surface area (Å²) in [5.74, 6) is 0.712. The van der Waals surface area contributed by atoms with Crippen molar-refractivity contribution in [1.82, 2.24) is 10.2 Å². The van der Waals surface area contributed by atoms with Gasteiger partial charge in [-0.05, 0) is 36.5 Å². The number of hydrogen-bond donors (Lipinski definition) is 1. The monoisotopic (exact) mass is 341 g/mol. The van der Waals surface area contributed by atoms with Crippen LogP contribution >= 0.6 is 11.6 Å². The molecular weight excluding hydrogens is 322 g/mol. The van der Waals surface area contributed by atoms with Gasteiger partial charge in [0.25, 0.3) is 0 Å². The Morgan fingerprint density at radius 1 is 1.25 bits per heavy atom. The molecule has 4 nitrogen and oxygen atoms in total. The highest BCUT2D eigenvalue weighted by atomic mass is 35.5. The number of rotatable bonds is 1. The third kappa shape index (κ3) is 2.40. The highest BCUT2D eigenvalue weighted by molar-refractivity contribution is 6.30. The predicted octanol–water partition coefficient (Wildman–Crippen LogP) is 4.59. The molecule has 1 fully saturated rings. The normalized spacial score (nSPS) is 25.0. The number of H-pyrrole nitrogens is 1. The Hall–Kier alpha value is -1.94. The number of fused-ring (bicyclic) bond motifs is 2. The number of hydrogen-bond acceptors (Lipinski definition) is 3. The van der Waals surface area contributed by atoms with Crippen LogP contribution in [0.25, 0.3) is 0 Å². The first-order valence-corrected chi connectivity index (χ1v) is 8.64. The molecule has 0 saturated heterocycles. The molecule has 1 aliphatic carbocycles. The van der Waals surface area contributed by atoms with E-state index < -0.39 is 0 Å². The molecule has 0 radical (unpaired) electrons. The van der Waals surface area contributed by atoms with Crippen LogP contribution in [-0.2, 0) is 4.79 Å². The molecule has 1 aromatic heterocycles. The predicted molar refractivity (Wildman–Crippen MR) is 95.2 cm³/mol. The number of aromatic amines is 1. The van der Waals surface area contributed by atoms with E-state index >= 15 is 0 Å². The summed E-state index contributed by atoms with van der Waals surface area (Å²) in [7, 11) is 0. The van der Waals surface area contributed by atoms with Crippen molar-refractivity contribution in [1.29, 1.82) is 0 Å². The van der Waals surface area contributed by atoms with Crippen molar-refractivity contribution in [3.8, 4) is 0 Å². The van der Waals surface area contributed by atoms with Crippen molar-refractivity contribution >= 4 is 28.9 Å². The van der Waals surface area contributed by atoms with Crippen molar-refractivity contribution in [3.05, 3.63) is 46.1 Å². The van der Waals surface area contributed by atoms with E-state index in [-0.39, 0.29) is 23.0 Å². The number of carbonyl (C=O) groups excluding carboxylic acids is 1. The summed E-state index contributed by atoms with van der Waals surface area (Å²) in [5, 5.41) is 8.08. The Kier molecular flexibility index (Phi) is 3.43. The molecule has 2 unspecified atom stereocenters. The van der Waals surface area contributed by atoms with Crippen molar-refractivity contribution in [2.24, 2.45) is 16.3 Å². The molecule has 2 atom stereocenters. The van der Waals surface area contributed by atoms with Crippen LogP contribution in [0.15, 0.2) is 29.3 Å². The number of carbonyl (C=O) groups is 1. The molecule has 5 heteroatoms. The SMILES string of the molecule is Cc1[nH]nc2c1C(c1cccc(Cl)c1)C1C(=O)CC(C)(C)CC1=N2. The molecule has 0 bridgehead atoms. The zero-order chi connectivity index (χ0) is 17.1. The lowest BCUT2D eigenvalue weighted by Crippen LogP contribution is -2.42. The third-order valence-electron chi connectivity index (χ3n) is 5.09. The highest BCUT2D eigenvalue weighted by Crippen LogP contribution is 2.49. The minimum absolute atomic E-state index is 0.0475. The van der Waals surface area contributed by atoms with Crippen LogP contribution in [0.5, 0.6) is 0 Å². The van der Waals surface area contributed by atoms with Crippen LogP contribution in [0.4, 0.5) is 5.82 Å². The second-order valence-electron chi connectivity index (χ2n) is 7.68. The third-order valence-corrected chi connectivity index (χ3v) is 5.33. The molecule has 0 amide bonds. The van der Waals surface area contributed by atoms with Gasteiger partial charge in [-0.3, -0.25) is 9.89 Å². The van der Waals surface area contributed by atoms with Gasteiger partial charge in [-0.25, -0.2) is 4.99 Å². The Bertz CT molecular complexity index is 865. The van der Waals surface area contributed by atoms with Crippen LogP contribution in [0.2, 0.25) is 5.02 Å². The summed E-state index contributed by atoms with van der Waals surface area (Å²) in [4.78, 5) is 17.8. The first-order valence-electron chi connectivity index (χ1n) is 8.26. The largest absolute Gasteiger partial charge is 0.299 e. The van der Waals surface area contributed by atoms with Gasteiger partial charge in [0.05, 0.1) is 5.92 Å². The van der Waals surface area contributed by atoms with Crippen molar-refractivity contribution in [2.75, 3.05) is 0 Å². The maximum Gasteiger partial charge on any atom is 0.177 e. The lowest BCUT2D eigenvalue weighted by molar-refractivity contribution is -0.124. The Labute approximate surface area is 146 Å². The zero-order valence-electron chi connectivity index (χ0n) is 14.1. The van der Waals surface area contributed by atoms with Gasteiger partial charge in [0.1, 0.15) is 5.78 Å². The highest BCUT2D eigenvalue weighted by Gasteiger charge is 2.46. The number of ketones is 1. The zero-order valence-corrected chi connectivity index (χ0v) is 14.8. The lowest BCUT2D eigenvalue weighted by Gasteiger charge is -2.40. The molecule has 1 N–H and O–H groups in total. The van der Waals surface area contributed by atoms with E-state index in [1.165, 1.54) is 0 Å². The van der Waals surface area contributed by atoms with Crippen molar-refractivity contribution in [2.45, 2.75) is 39.5 Å². The van der Waals surface area contributed by atoms with Crippen LogP contribution in [0, 0.1) is 18.3 Å². The van der Waals surface area contributed by atoms with Crippen LogP contribution in [-0.4, -0.2) is 21.7 Å². The second-order valence-corrected chi connectivity index (χ2v) is 8.12. The number of aryl methyl sites for hydroxylation is 1. The second kappa shape index (κ2) is 5.28. The summed E-state index contributed by atoms with van der Waals surface area (Å²) in [6, 6.07) is 7.80. The van der Waals surface area contributed by atoms with Crippen LogP contribution < -0.4 is 0 Å². The fourth-order valence-corrected chi connectivity index (χ4v) is 4.36. The van der Waals surface area contributed by atoms with E-state index in [0.29, 0.717) is 17.3 Å². The minimum atomic E-state index is -0.208. The summed E-state index contributed by atoms with van der Waals surface area (Å²) >= 11 is 6.22. The Morgan fingerprint density at radius 2 is 2.04 bits per heavy atom. The molecular formula is C19H20ClN3O. The number of benzene rings is 1. The molecule has 124 valence electrons. The lowest BCUT2D eigenvalue weighted by atomic mass is 9.64. The molecule has 2 aliphatic rings. The van der Waals surface area contributed by atoms with Gasteiger partial charge in [-0.15, -0.1) is 0 Å². The van der Waals surface area contributed by atoms with Crippen LogP contribution in [0.3, 0.4) is 0 Å². The molecule has 2 heterocycles. The number of aliphatic imine (C=N–C) groups is 1. The molecule has 1 aliphatic heterocycles. The quantitative estimate of drug-likeness (QED) is 0.824. The Morgan fingerprint density at radius 3 is 2.79 bits per heavy atom. The molecule has 1 saturated carbocycles. The van der Waals surface area contributed by atoms with Crippen molar-refractivity contribution < 1.29 is 4.79 Å². The fourth-order valence-electron chi connectivity index (χ4n) is 4.16. The smallest absolute Gasteiger partial charge is 0.177 e. The molecule has 4 rings (SSSR count). The van der Waals surface area contributed by atoms with E-state index in [2.05, 4.69) is 24.0 Å². The number of halogens is 1. The topological polar surface area (TPSA) is 58.1 Å². The maximum absolute atomic E-state index is 13.0. The summed E-state index contributed by atoms with van der Waals surface area (Å²) in [6.07, 6.45) is 1.41. The molecule has 2 aromatic rings. The minimum Gasteiger partial charge on any atom is -0.299 e. The van der Waals surface area contributed by atoms with Crippen LogP contribution in [0.1, 0.15) is 49.4 Å². The summed E-state index contributed by atoms with van der Waals surface area (Å²) in [5.41, 5.74) is 3.96. The fraction of sp³-hybridized carbons (Fsp3) is 0.421. The van der Waals surface area contributed by atoms with Crippen molar-refractivity contribution in [3.63, 3.8) is 0 Å². The number of nitrogens with one attached hydrogen (secondary N) is 1. The van der Waals surface area contributed by atoms with Gasteiger partial charge in [0.15, 0.2) is 5.82 Å². The molecule has 0 spiro atoms. The average molecular weight is 342 g/mol. The molecule has 1 aromatic carbocycles.